The van der Waals surface area contributed by atoms with Crippen molar-refractivity contribution in [2.24, 2.45) is 5.84 Å². The zero-order valence-electron chi connectivity index (χ0n) is 9.31. The molecule has 0 fully saturated rings. The molecule has 0 aliphatic carbocycles. The maximum absolute atomic E-state index is 13.1. The van der Waals surface area contributed by atoms with Gasteiger partial charge in [0.2, 0.25) is 0 Å². The SMILES string of the molecule is Cc1cc(F)cc(C(CCC(F)(F)F)NN)c1. The Morgan fingerprint density at radius 3 is 2.41 bits per heavy atom. The molecular formula is C11H14F4N2. The van der Waals surface area contributed by atoms with Gasteiger partial charge in [-0.15, -0.1) is 0 Å². The van der Waals surface area contributed by atoms with Gasteiger partial charge in [0.25, 0.3) is 0 Å². The van der Waals surface area contributed by atoms with Crippen molar-refractivity contribution < 1.29 is 17.6 Å². The van der Waals surface area contributed by atoms with E-state index in [1.165, 1.54) is 12.1 Å². The van der Waals surface area contributed by atoms with Crippen LogP contribution in [0, 0.1) is 12.7 Å². The van der Waals surface area contributed by atoms with Crippen LogP contribution in [0.25, 0.3) is 0 Å². The quantitative estimate of drug-likeness (QED) is 0.490. The summed E-state index contributed by atoms with van der Waals surface area (Å²) in [6, 6.07) is 3.41. The lowest BCUT2D eigenvalue weighted by Gasteiger charge is -2.18. The summed E-state index contributed by atoms with van der Waals surface area (Å²) in [4.78, 5) is 0. The van der Waals surface area contributed by atoms with Crippen LogP contribution >= 0.6 is 0 Å². The normalized spacial score (nSPS) is 13.8. The van der Waals surface area contributed by atoms with Crippen molar-refractivity contribution in [2.75, 3.05) is 0 Å². The van der Waals surface area contributed by atoms with Crippen molar-refractivity contribution in [3.05, 3.63) is 35.1 Å². The minimum Gasteiger partial charge on any atom is -0.271 e. The zero-order valence-corrected chi connectivity index (χ0v) is 9.31. The Bertz CT molecular complexity index is 356. The van der Waals surface area contributed by atoms with E-state index in [0.717, 1.165) is 0 Å². The van der Waals surface area contributed by atoms with E-state index in [1.54, 1.807) is 13.0 Å². The van der Waals surface area contributed by atoms with Crippen molar-refractivity contribution in [2.45, 2.75) is 32.0 Å². The number of nitrogens with two attached hydrogens (primary N) is 1. The number of aryl methyl sites for hydroxylation is 1. The van der Waals surface area contributed by atoms with Crippen LogP contribution in [0.4, 0.5) is 17.6 Å². The molecule has 6 heteroatoms. The van der Waals surface area contributed by atoms with Crippen LogP contribution in [0.5, 0.6) is 0 Å². The predicted octanol–water partition coefficient (Wildman–Crippen LogP) is 2.98. The van der Waals surface area contributed by atoms with Crippen LogP contribution in [0.1, 0.15) is 30.0 Å². The molecule has 0 aliphatic rings. The lowest BCUT2D eigenvalue weighted by molar-refractivity contribution is -0.136. The molecule has 0 aromatic heterocycles. The molecular weight excluding hydrogens is 236 g/mol. The molecule has 0 bridgehead atoms. The van der Waals surface area contributed by atoms with Crippen molar-refractivity contribution in [3.63, 3.8) is 0 Å². The van der Waals surface area contributed by atoms with Gasteiger partial charge in [-0.2, -0.15) is 13.2 Å². The smallest absolute Gasteiger partial charge is 0.271 e. The minimum absolute atomic E-state index is 0.219. The average molecular weight is 250 g/mol. The highest BCUT2D eigenvalue weighted by Gasteiger charge is 2.28. The van der Waals surface area contributed by atoms with Crippen molar-refractivity contribution >= 4 is 0 Å². The summed E-state index contributed by atoms with van der Waals surface area (Å²) in [5, 5.41) is 0. The van der Waals surface area contributed by atoms with Crippen LogP contribution in [-0.4, -0.2) is 6.18 Å². The van der Waals surface area contributed by atoms with Gasteiger partial charge in [-0.25, -0.2) is 4.39 Å². The summed E-state index contributed by atoms with van der Waals surface area (Å²) < 4.78 is 49.4. The third-order valence-electron chi connectivity index (χ3n) is 2.38. The van der Waals surface area contributed by atoms with E-state index in [-0.39, 0.29) is 6.42 Å². The number of halogens is 4. The number of rotatable bonds is 4. The molecule has 2 nitrogen and oxygen atoms in total. The van der Waals surface area contributed by atoms with E-state index in [9.17, 15) is 17.6 Å². The molecule has 0 aliphatic heterocycles. The van der Waals surface area contributed by atoms with E-state index in [2.05, 4.69) is 5.43 Å². The Labute approximate surface area is 96.8 Å². The summed E-state index contributed by atoms with van der Waals surface area (Å²) in [5.74, 6) is 4.72. The van der Waals surface area contributed by atoms with Gasteiger partial charge in [0.1, 0.15) is 5.82 Å². The van der Waals surface area contributed by atoms with Gasteiger partial charge in [-0.3, -0.25) is 11.3 Å². The maximum atomic E-state index is 13.1. The van der Waals surface area contributed by atoms with E-state index < -0.39 is 24.5 Å². The molecule has 0 heterocycles. The monoisotopic (exact) mass is 250 g/mol. The molecule has 0 amide bonds. The summed E-state index contributed by atoms with van der Waals surface area (Å²) in [5.41, 5.74) is 3.35. The molecule has 1 aromatic carbocycles. The zero-order chi connectivity index (χ0) is 13.1. The second-order valence-corrected chi connectivity index (χ2v) is 3.94. The topological polar surface area (TPSA) is 38.0 Å². The van der Waals surface area contributed by atoms with Gasteiger partial charge in [-0.1, -0.05) is 6.07 Å². The Morgan fingerprint density at radius 2 is 1.94 bits per heavy atom. The molecule has 1 rings (SSSR count). The summed E-state index contributed by atoms with van der Waals surface area (Å²) in [7, 11) is 0. The van der Waals surface area contributed by atoms with Crippen molar-refractivity contribution in [1.29, 1.82) is 0 Å². The van der Waals surface area contributed by atoms with Crippen LogP contribution < -0.4 is 11.3 Å². The van der Waals surface area contributed by atoms with Gasteiger partial charge in [-0.05, 0) is 36.6 Å². The van der Waals surface area contributed by atoms with Crippen LogP contribution in [0.15, 0.2) is 18.2 Å². The molecule has 1 atom stereocenters. The molecule has 17 heavy (non-hydrogen) atoms. The highest BCUT2D eigenvalue weighted by atomic mass is 19.4. The lowest BCUT2D eigenvalue weighted by atomic mass is 10.0. The third kappa shape index (κ3) is 4.70. The first-order valence-corrected chi connectivity index (χ1v) is 5.12. The second kappa shape index (κ2) is 5.46. The predicted molar refractivity (Wildman–Crippen MR) is 56.5 cm³/mol. The van der Waals surface area contributed by atoms with E-state index in [0.29, 0.717) is 11.1 Å². The highest BCUT2D eigenvalue weighted by molar-refractivity contribution is 5.26. The average Bonchev–Trinajstić information content (AvgIpc) is 2.15. The van der Waals surface area contributed by atoms with Gasteiger partial charge in [0.15, 0.2) is 0 Å². The fraction of sp³-hybridized carbons (Fsp3) is 0.455. The minimum atomic E-state index is -4.24. The van der Waals surface area contributed by atoms with E-state index in [4.69, 9.17) is 5.84 Å². The lowest BCUT2D eigenvalue weighted by Crippen LogP contribution is -2.29. The summed E-state index contributed by atoms with van der Waals surface area (Å²) >= 11 is 0. The summed E-state index contributed by atoms with van der Waals surface area (Å²) in [6.45, 7) is 1.67. The number of hydrazine groups is 1. The van der Waals surface area contributed by atoms with Gasteiger partial charge < -0.3 is 0 Å². The van der Waals surface area contributed by atoms with Gasteiger partial charge in [0.05, 0.1) is 0 Å². The first-order valence-electron chi connectivity index (χ1n) is 5.12. The van der Waals surface area contributed by atoms with E-state index >= 15 is 0 Å². The Balaban J connectivity index is 2.79. The number of benzene rings is 1. The molecule has 0 saturated heterocycles. The second-order valence-electron chi connectivity index (χ2n) is 3.94. The molecule has 0 saturated carbocycles. The van der Waals surface area contributed by atoms with Crippen molar-refractivity contribution in [1.82, 2.24) is 5.43 Å². The number of alkyl halides is 3. The molecule has 0 spiro atoms. The van der Waals surface area contributed by atoms with Crippen LogP contribution in [-0.2, 0) is 0 Å². The third-order valence-corrected chi connectivity index (χ3v) is 2.38. The number of hydrogen-bond donors (Lipinski definition) is 2. The molecule has 3 N–H and O–H groups in total. The Kier molecular flexibility index (Phi) is 4.47. The molecule has 0 radical (unpaired) electrons. The first kappa shape index (κ1) is 13.9. The summed E-state index contributed by atoms with van der Waals surface area (Å²) in [6.07, 6.45) is -5.42. The largest absolute Gasteiger partial charge is 0.389 e. The number of hydrogen-bond acceptors (Lipinski definition) is 2. The fourth-order valence-corrected chi connectivity index (χ4v) is 1.62. The van der Waals surface area contributed by atoms with Gasteiger partial charge >= 0.3 is 6.18 Å². The Morgan fingerprint density at radius 1 is 1.29 bits per heavy atom. The molecule has 1 unspecified atom stereocenters. The molecule has 1 aromatic rings. The van der Waals surface area contributed by atoms with Crippen LogP contribution in [0.2, 0.25) is 0 Å². The fourth-order valence-electron chi connectivity index (χ4n) is 1.62. The first-order chi connectivity index (χ1) is 7.81. The Hall–Kier alpha value is -1.14. The highest BCUT2D eigenvalue weighted by Crippen LogP contribution is 2.27. The van der Waals surface area contributed by atoms with Crippen molar-refractivity contribution in [3.8, 4) is 0 Å². The standard InChI is InChI=1S/C11H14F4N2/c1-7-4-8(6-9(12)5-7)10(17-16)2-3-11(13,14)15/h4-6,10,17H,2-3,16H2,1H3. The number of nitrogens with one attached hydrogen (secondary N) is 1. The van der Waals surface area contributed by atoms with Crippen LogP contribution in [0.3, 0.4) is 0 Å². The molecule has 96 valence electrons. The van der Waals surface area contributed by atoms with Gasteiger partial charge in [0, 0.05) is 12.5 Å². The van der Waals surface area contributed by atoms with E-state index in [1.807, 2.05) is 0 Å². The maximum Gasteiger partial charge on any atom is 0.389 e.